The molecule has 2 unspecified atom stereocenters. The number of aromatic nitrogens is 4. The van der Waals surface area contributed by atoms with Gasteiger partial charge in [0.05, 0.1) is 24.4 Å². The first kappa shape index (κ1) is 14.3. The van der Waals surface area contributed by atoms with Gasteiger partial charge in [-0.05, 0) is 12.5 Å². The lowest BCUT2D eigenvalue weighted by Gasteiger charge is -2.26. The van der Waals surface area contributed by atoms with Crippen LogP contribution < -0.4 is 9.80 Å². The summed E-state index contributed by atoms with van der Waals surface area (Å²) in [7, 11) is 2.04. The van der Waals surface area contributed by atoms with Gasteiger partial charge >= 0.3 is 0 Å². The Morgan fingerprint density at radius 3 is 2.87 bits per heavy atom. The molecule has 120 valence electrons. The van der Waals surface area contributed by atoms with Crippen LogP contribution in [0.2, 0.25) is 0 Å². The number of anilines is 2. The summed E-state index contributed by atoms with van der Waals surface area (Å²) < 4.78 is 6.22. The fraction of sp³-hybridized carbons (Fsp3) is 0.500. The SMILES string of the molecule is CN(c1ncccn1)C1COC2(CCN(c3cnccn3)C2)C1. The summed E-state index contributed by atoms with van der Waals surface area (Å²) in [5.74, 6) is 1.68. The Bertz CT molecular complexity index is 654. The lowest BCUT2D eigenvalue weighted by atomic mass is 9.97. The summed E-state index contributed by atoms with van der Waals surface area (Å²) in [6.07, 6.45) is 10.8. The maximum Gasteiger partial charge on any atom is 0.225 e. The third-order valence-corrected chi connectivity index (χ3v) is 4.79. The van der Waals surface area contributed by atoms with Crippen molar-refractivity contribution in [3.05, 3.63) is 37.1 Å². The van der Waals surface area contributed by atoms with E-state index < -0.39 is 0 Å². The van der Waals surface area contributed by atoms with E-state index in [4.69, 9.17) is 4.74 Å². The molecule has 2 atom stereocenters. The van der Waals surface area contributed by atoms with Gasteiger partial charge in [-0.25, -0.2) is 15.0 Å². The number of ether oxygens (including phenoxy) is 1. The van der Waals surface area contributed by atoms with Crippen molar-refractivity contribution >= 4 is 11.8 Å². The highest BCUT2D eigenvalue weighted by atomic mass is 16.5. The third-order valence-electron chi connectivity index (χ3n) is 4.79. The van der Waals surface area contributed by atoms with E-state index in [1.165, 1.54) is 0 Å². The fourth-order valence-electron chi connectivity index (χ4n) is 3.48. The van der Waals surface area contributed by atoms with E-state index in [2.05, 4.69) is 29.7 Å². The number of likely N-dealkylation sites (N-methyl/N-ethyl adjacent to an activating group) is 1. The van der Waals surface area contributed by atoms with Crippen molar-refractivity contribution in [3.8, 4) is 0 Å². The van der Waals surface area contributed by atoms with Crippen LogP contribution >= 0.6 is 0 Å². The fourth-order valence-corrected chi connectivity index (χ4v) is 3.48. The number of nitrogens with zero attached hydrogens (tertiary/aromatic N) is 6. The second-order valence-corrected chi connectivity index (χ2v) is 6.25. The quantitative estimate of drug-likeness (QED) is 0.842. The zero-order valence-corrected chi connectivity index (χ0v) is 13.2. The Morgan fingerprint density at radius 1 is 1.22 bits per heavy atom. The molecule has 4 rings (SSSR count). The molecule has 0 radical (unpaired) electrons. The molecule has 0 bridgehead atoms. The summed E-state index contributed by atoms with van der Waals surface area (Å²) in [6.45, 7) is 2.53. The van der Waals surface area contributed by atoms with Gasteiger partial charge in [-0.15, -0.1) is 0 Å². The van der Waals surface area contributed by atoms with Gasteiger partial charge in [-0.3, -0.25) is 4.98 Å². The van der Waals surface area contributed by atoms with E-state index in [-0.39, 0.29) is 5.60 Å². The molecule has 4 heterocycles. The lowest BCUT2D eigenvalue weighted by Crippen LogP contribution is -2.37. The topological polar surface area (TPSA) is 67.3 Å². The predicted molar refractivity (Wildman–Crippen MR) is 86.4 cm³/mol. The first-order chi connectivity index (χ1) is 11.3. The molecule has 2 aromatic rings. The normalized spacial score (nSPS) is 26.8. The van der Waals surface area contributed by atoms with Crippen LogP contribution in [-0.2, 0) is 4.74 Å². The summed E-state index contributed by atoms with van der Waals surface area (Å²) >= 11 is 0. The van der Waals surface area contributed by atoms with Crippen molar-refractivity contribution in [2.24, 2.45) is 0 Å². The molecule has 7 nitrogen and oxygen atoms in total. The van der Waals surface area contributed by atoms with Crippen molar-refractivity contribution in [1.29, 1.82) is 0 Å². The average molecular weight is 312 g/mol. The van der Waals surface area contributed by atoms with Crippen LogP contribution in [0.1, 0.15) is 12.8 Å². The van der Waals surface area contributed by atoms with E-state index >= 15 is 0 Å². The molecule has 2 aliphatic rings. The van der Waals surface area contributed by atoms with Crippen LogP contribution in [0.5, 0.6) is 0 Å². The molecular weight excluding hydrogens is 292 g/mol. The average Bonchev–Trinajstić information content (AvgIpc) is 3.23. The second kappa shape index (κ2) is 5.73. The van der Waals surface area contributed by atoms with E-state index in [0.29, 0.717) is 12.6 Å². The highest BCUT2D eigenvalue weighted by Gasteiger charge is 2.47. The highest BCUT2D eigenvalue weighted by Crippen LogP contribution is 2.38. The van der Waals surface area contributed by atoms with E-state index in [9.17, 15) is 0 Å². The molecule has 0 amide bonds. The second-order valence-electron chi connectivity index (χ2n) is 6.25. The molecule has 2 fully saturated rings. The van der Waals surface area contributed by atoms with Crippen molar-refractivity contribution in [2.45, 2.75) is 24.5 Å². The maximum absolute atomic E-state index is 6.22. The summed E-state index contributed by atoms with van der Waals surface area (Å²) in [6, 6.07) is 2.14. The summed E-state index contributed by atoms with van der Waals surface area (Å²) in [5, 5.41) is 0. The van der Waals surface area contributed by atoms with Gasteiger partial charge in [0.15, 0.2) is 0 Å². The van der Waals surface area contributed by atoms with Crippen LogP contribution in [0.25, 0.3) is 0 Å². The zero-order valence-electron chi connectivity index (χ0n) is 13.2. The van der Waals surface area contributed by atoms with Crippen LogP contribution in [0.15, 0.2) is 37.1 Å². The molecule has 2 aliphatic heterocycles. The van der Waals surface area contributed by atoms with Gasteiger partial charge in [0.25, 0.3) is 0 Å². The molecule has 0 N–H and O–H groups in total. The molecular formula is C16H20N6O. The monoisotopic (exact) mass is 312 g/mol. The molecule has 2 aromatic heterocycles. The smallest absolute Gasteiger partial charge is 0.225 e. The van der Waals surface area contributed by atoms with Gasteiger partial charge in [-0.1, -0.05) is 0 Å². The van der Waals surface area contributed by atoms with Crippen LogP contribution in [0.3, 0.4) is 0 Å². The van der Waals surface area contributed by atoms with Gasteiger partial charge in [-0.2, -0.15) is 0 Å². The predicted octanol–water partition coefficient (Wildman–Crippen LogP) is 1.14. The van der Waals surface area contributed by atoms with E-state index in [0.717, 1.165) is 37.7 Å². The third kappa shape index (κ3) is 2.72. The van der Waals surface area contributed by atoms with Gasteiger partial charge < -0.3 is 14.5 Å². The van der Waals surface area contributed by atoms with Gasteiger partial charge in [0.1, 0.15) is 5.82 Å². The Balaban J connectivity index is 1.44. The van der Waals surface area contributed by atoms with Gasteiger partial charge in [0, 0.05) is 51.3 Å². The first-order valence-corrected chi connectivity index (χ1v) is 7.91. The molecule has 0 aliphatic carbocycles. The van der Waals surface area contributed by atoms with Gasteiger partial charge in [0.2, 0.25) is 5.95 Å². The Hall–Kier alpha value is -2.28. The zero-order chi connectivity index (χ0) is 15.7. The van der Waals surface area contributed by atoms with Crippen molar-refractivity contribution < 1.29 is 4.74 Å². The van der Waals surface area contributed by atoms with E-state index in [1.54, 1.807) is 24.8 Å². The Morgan fingerprint density at radius 2 is 2.09 bits per heavy atom. The minimum Gasteiger partial charge on any atom is -0.371 e. The minimum atomic E-state index is -0.0920. The lowest BCUT2D eigenvalue weighted by molar-refractivity contribution is 0.0226. The molecule has 2 saturated heterocycles. The van der Waals surface area contributed by atoms with Crippen molar-refractivity contribution in [2.75, 3.05) is 36.5 Å². The Kier molecular flexibility index (Phi) is 3.57. The number of rotatable bonds is 3. The molecule has 7 heteroatoms. The molecule has 0 aromatic carbocycles. The first-order valence-electron chi connectivity index (χ1n) is 7.91. The van der Waals surface area contributed by atoms with Crippen molar-refractivity contribution in [3.63, 3.8) is 0 Å². The van der Waals surface area contributed by atoms with Crippen molar-refractivity contribution in [1.82, 2.24) is 19.9 Å². The molecule has 1 spiro atoms. The maximum atomic E-state index is 6.22. The van der Waals surface area contributed by atoms with Crippen LogP contribution in [-0.4, -0.2) is 58.3 Å². The number of hydrogen-bond donors (Lipinski definition) is 0. The highest BCUT2D eigenvalue weighted by molar-refractivity contribution is 5.39. The summed E-state index contributed by atoms with van der Waals surface area (Å²) in [4.78, 5) is 21.6. The Labute approximate surface area is 135 Å². The largest absolute Gasteiger partial charge is 0.371 e. The van der Waals surface area contributed by atoms with Crippen LogP contribution in [0.4, 0.5) is 11.8 Å². The molecule has 23 heavy (non-hydrogen) atoms. The minimum absolute atomic E-state index is 0.0920. The molecule has 0 saturated carbocycles. The standard InChI is InChI=1S/C16H20N6O/c1-21(15-19-4-2-5-20-15)13-9-16(23-11-13)3-8-22(12-16)14-10-17-6-7-18-14/h2,4-7,10,13H,3,8-9,11-12H2,1H3. The number of hydrogen-bond acceptors (Lipinski definition) is 7. The summed E-state index contributed by atoms with van der Waals surface area (Å²) in [5.41, 5.74) is -0.0920. The van der Waals surface area contributed by atoms with E-state index in [1.807, 2.05) is 19.3 Å². The van der Waals surface area contributed by atoms with Crippen LogP contribution in [0, 0.1) is 0 Å².